The largest absolute Gasteiger partial charge is 0.481 e. The lowest BCUT2D eigenvalue weighted by Crippen LogP contribution is -2.34. The van der Waals surface area contributed by atoms with E-state index in [9.17, 15) is 9.59 Å². The van der Waals surface area contributed by atoms with Crippen LogP contribution in [0.4, 0.5) is 5.69 Å². The van der Waals surface area contributed by atoms with Gasteiger partial charge in [0.15, 0.2) is 6.10 Å². The predicted molar refractivity (Wildman–Crippen MR) is 117 cm³/mol. The van der Waals surface area contributed by atoms with Crippen LogP contribution in [0.1, 0.15) is 55.5 Å². The van der Waals surface area contributed by atoms with E-state index in [1.54, 1.807) is 31.2 Å². The van der Waals surface area contributed by atoms with Gasteiger partial charge in [0.2, 0.25) is 0 Å². The molecule has 2 N–H and O–H groups in total. The highest BCUT2D eigenvalue weighted by molar-refractivity contribution is 6.04. The van der Waals surface area contributed by atoms with E-state index in [2.05, 4.69) is 24.5 Å². The third-order valence-electron chi connectivity index (χ3n) is 5.17. The smallest absolute Gasteiger partial charge is 0.265 e. The van der Waals surface area contributed by atoms with Crippen molar-refractivity contribution in [2.24, 2.45) is 0 Å². The maximum atomic E-state index is 12.6. The van der Waals surface area contributed by atoms with Crippen molar-refractivity contribution in [3.63, 3.8) is 0 Å². The average Bonchev–Trinajstić information content (AvgIpc) is 3.26. The van der Waals surface area contributed by atoms with Gasteiger partial charge in [0.05, 0.1) is 17.4 Å². The van der Waals surface area contributed by atoms with Crippen LogP contribution in [0.3, 0.4) is 0 Å². The Bertz CT molecular complexity index is 858. The van der Waals surface area contributed by atoms with Crippen LogP contribution in [0.15, 0.2) is 48.5 Å². The van der Waals surface area contributed by atoms with Crippen LogP contribution in [0.5, 0.6) is 5.75 Å². The number of hydrogen-bond donors (Lipinski definition) is 2. The van der Waals surface area contributed by atoms with E-state index >= 15 is 0 Å². The Kier molecular flexibility index (Phi) is 7.46. The summed E-state index contributed by atoms with van der Waals surface area (Å²) in [6.45, 7) is 7.14. The first-order chi connectivity index (χ1) is 14.4. The molecule has 3 rings (SSSR count). The van der Waals surface area contributed by atoms with Gasteiger partial charge in [-0.25, -0.2) is 0 Å². The van der Waals surface area contributed by atoms with Crippen molar-refractivity contribution >= 4 is 17.5 Å². The van der Waals surface area contributed by atoms with Gasteiger partial charge in [-0.2, -0.15) is 0 Å². The van der Waals surface area contributed by atoms with Gasteiger partial charge in [-0.15, -0.1) is 0 Å². The Morgan fingerprint density at radius 3 is 2.50 bits per heavy atom. The lowest BCUT2D eigenvalue weighted by Gasteiger charge is -2.17. The fourth-order valence-electron chi connectivity index (χ4n) is 3.32. The standard InChI is InChI=1S/C24H30N2O4/c1-16(2)18-10-12-19(13-11-18)30-17(3)23(27)26-22-9-5-4-8-21(22)24(28)25-15-20-7-6-14-29-20/h4-5,8-13,16-17,20H,6-7,14-15H2,1-3H3,(H,25,28)(H,26,27). The SMILES string of the molecule is CC(Oc1ccc(C(C)C)cc1)C(=O)Nc1ccccc1C(=O)NCC1CCCO1. The van der Waals surface area contributed by atoms with E-state index in [0.717, 1.165) is 19.4 Å². The number of nitrogens with one attached hydrogen (secondary N) is 2. The second-order valence-corrected chi connectivity index (χ2v) is 7.86. The lowest BCUT2D eigenvalue weighted by molar-refractivity contribution is -0.122. The molecule has 1 aliphatic heterocycles. The molecule has 0 aromatic heterocycles. The molecule has 2 aromatic rings. The van der Waals surface area contributed by atoms with Crippen molar-refractivity contribution in [1.82, 2.24) is 5.32 Å². The Hall–Kier alpha value is -2.86. The van der Waals surface area contributed by atoms with Crippen LogP contribution >= 0.6 is 0 Å². The Morgan fingerprint density at radius 1 is 1.10 bits per heavy atom. The summed E-state index contributed by atoms with van der Waals surface area (Å²) in [6.07, 6.45) is 1.32. The zero-order valence-electron chi connectivity index (χ0n) is 17.8. The monoisotopic (exact) mass is 410 g/mol. The summed E-state index contributed by atoms with van der Waals surface area (Å²) >= 11 is 0. The molecule has 1 heterocycles. The average molecular weight is 411 g/mol. The molecule has 0 saturated carbocycles. The third kappa shape index (κ3) is 5.83. The Labute approximate surface area is 178 Å². The zero-order chi connectivity index (χ0) is 21.5. The summed E-state index contributed by atoms with van der Waals surface area (Å²) in [5, 5.41) is 5.70. The molecule has 0 aliphatic carbocycles. The molecule has 1 fully saturated rings. The van der Waals surface area contributed by atoms with Crippen LogP contribution in [-0.2, 0) is 9.53 Å². The molecular weight excluding hydrogens is 380 g/mol. The number of amides is 2. The maximum Gasteiger partial charge on any atom is 0.265 e. The molecule has 0 spiro atoms. The van der Waals surface area contributed by atoms with Crippen molar-refractivity contribution in [3.8, 4) is 5.75 Å². The molecular formula is C24H30N2O4. The van der Waals surface area contributed by atoms with E-state index in [0.29, 0.717) is 29.5 Å². The van der Waals surface area contributed by atoms with Crippen LogP contribution in [0.25, 0.3) is 0 Å². The van der Waals surface area contributed by atoms with Crippen LogP contribution in [0, 0.1) is 0 Å². The van der Waals surface area contributed by atoms with E-state index in [-0.39, 0.29) is 17.9 Å². The Balaban J connectivity index is 1.59. The second-order valence-electron chi connectivity index (χ2n) is 7.86. The van der Waals surface area contributed by atoms with Crippen LogP contribution in [0.2, 0.25) is 0 Å². The van der Waals surface area contributed by atoms with Gasteiger partial charge in [0, 0.05) is 13.2 Å². The van der Waals surface area contributed by atoms with Crippen molar-refractivity contribution in [2.75, 3.05) is 18.5 Å². The molecule has 6 nitrogen and oxygen atoms in total. The van der Waals surface area contributed by atoms with Gasteiger partial charge >= 0.3 is 0 Å². The van der Waals surface area contributed by atoms with Crippen molar-refractivity contribution < 1.29 is 19.1 Å². The highest BCUT2D eigenvalue weighted by Gasteiger charge is 2.20. The number of benzene rings is 2. The first-order valence-electron chi connectivity index (χ1n) is 10.5. The number of carbonyl (C=O) groups excluding carboxylic acids is 2. The molecule has 1 saturated heterocycles. The van der Waals surface area contributed by atoms with Gasteiger partial charge in [-0.1, -0.05) is 38.1 Å². The topological polar surface area (TPSA) is 76.7 Å². The van der Waals surface area contributed by atoms with Gasteiger partial charge in [0.25, 0.3) is 11.8 Å². The van der Waals surface area contributed by atoms with Crippen molar-refractivity contribution in [2.45, 2.75) is 51.7 Å². The number of rotatable bonds is 8. The normalized spacial score (nSPS) is 16.9. The zero-order valence-corrected chi connectivity index (χ0v) is 17.8. The second kappa shape index (κ2) is 10.3. The number of hydrogen-bond acceptors (Lipinski definition) is 4. The highest BCUT2D eigenvalue weighted by atomic mass is 16.5. The fraction of sp³-hybridized carbons (Fsp3) is 0.417. The number of ether oxygens (including phenoxy) is 2. The number of carbonyl (C=O) groups is 2. The van der Waals surface area contributed by atoms with Crippen LogP contribution < -0.4 is 15.4 Å². The van der Waals surface area contributed by atoms with E-state index < -0.39 is 6.10 Å². The van der Waals surface area contributed by atoms with E-state index in [4.69, 9.17) is 9.47 Å². The van der Waals surface area contributed by atoms with Crippen molar-refractivity contribution in [1.29, 1.82) is 0 Å². The summed E-state index contributed by atoms with van der Waals surface area (Å²) in [4.78, 5) is 25.2. The minimum absolute atomic E-state index is 0.0613. The quantitative estimate of drug-likeness (QED) is 0.686. The van der Waals surface area contributed by atoms with Crippen LogP contribution in [-0.4, -0.2) is 37.2 Å². The minimum Gasteiger partial charge on any atom is -0.481 e. The van der Waals surface area contributed by atoms with Gasteiger partial charge in [-0.3, -0.25) is 9.59 Å². The summed E-state index contributed by atoms with van der Waals surface area (Å²) in [5.41, 5.74) is 2.08. The van der Waals surface area contributed by atoms with Gasteiger partial charge in [0.1, 0.15) is 5.75 Å². The molecule has 2 atom stereocenters. The Morgan fingerprint density at radius 2 is 1.83 bits per heavy atom. The molecule has 2 amide bonds. The maximum absolute atomic E-state index is 12.6. The molecule has 30 heavy (non-hydrogen) atoms. The molecule has 160 valence electrons. The first kappa shape index (κ1) is 21.8. The van der Waals surface area contributed by atoms with Crippen molar-refractivity contribution in [3.05, 3.63) is 59.7 Å². The summed E-state index contributed by atoms with van der Waals surface area (Å²) in [5.74, 6) is 0.508. The molecule has 0 bridgehead atoms. The fourth-order valence-corrected chi connectivity index (χ4v) is 3.32. The summed E-state index contributed by atoms with van der Waals surface area (Å²) in [6, 6.07) is 14.7. The molecule has 2 unspecified atom stereocenters. The first-order valence-corrected chi connectivity index (χ1v) is 10.5. The summed E-state index contributed by atoms with van der Waals surface area (Å²) < 4.78 is 11.3. The number of para-hydroxylation sites is 1. The molecule has 1 aliphatic rings. The lowest BCUT2D eigenvalue weighted by atomic mass is 10.0. The van der Waals surface area contributed by atoms with E-state index in [1.807, 2.05) is 24.3 Å². The minimum atomic E-state index is -0.710. The number of anilines is 1. The third-order valence-corrected chi connectivity index (χ3v) is 5.17. The molecule has 0 radical (unpaired) electrons. The van der Waals surface area contributed by atoms with E-state index in [1.165, 1.54) is 5.56 Å². The molecule has 6 heteroatoms. The molecule has 2 aromatic carbocycles. The van der Waals surface area contributed by atoms with Gasteiger partial charge in [-0.05, 0) is 55.5 Å². The predicted octanol–water partition coefficient (Wildman–Crippen LogP) is 4.12. The highest BCUT2D eigenvalue weighted by Crippen LogP contribution is 2.21. The summed E-state index contributed by atoms with van der Waals surface area (Å²) in [7, 11) is 0. The van der Waals surface area contributed by atoms with Gasteiger partial charge < -0.3 is 20.1 Å².